The van der Waals surface area contributed by atoms with Gasteiger partial charge in [0.15, 0.2) is 0 Å². The Bertz CT molecular complexity index is 933. The van der Waals surface area contributed by atoms with Crippen molar-refractivity contribution in [3.05, 3.63) is 24.3 Å². The summed E-state index contributed by atoms with van der Waals surface area (Å²) in [4.78, 5) is 39.1. The van der Waals surface area contributed by atoms with Crippen LogP contribution >= 0.6 is 0 Å². The maximum absolute atomic E-state index is 13.3. The zero-order valence-corrected chi connectivity index (χ0v) is 36.8. The highest BCUT2D eigenvalue weighted by molar-refractivity contribution is 5.82. The highest BCUT2D eigenvalue weighted by atomic mass is 16.5. The van der Waals surface area contributed by atoms with Crippen LogP contribution in [0.2, 0.25) is 0 Å². The molecule has 0 rings (SSSR count). The summed E-state index contributed by atoms with van der Waals surface area (Å²) < 4.78 is 16.7. The van der Waals surface area contributed by atoms with Crippen LogP contribution in [0.4, 0.5) is 0 Å². The van der Waals surface area contributed by atoms with E-state index in [2.05, 4.69) is 60.5 Å². The molecule has 0 fully saturated rings. The van der Waals surface area contributed by atoms with Crippen molar-refractivity contribution >= 4 is 17.9 Å². The predicted octanol–water partition coefficient (Wildman–Crippen LogP) is 12.9. The average molecular weight is 762 g/mol. The lowest BCUT2D eigenvalue weighted by atomic mass is 9.73. The fourth-order valence-corrected chi connectivity index (χ4v) is 7.69. The Hall–Kier alpha value is -2.15. The summed E-state index contributed by atoms with van der Waals surface area (Å²) in [5.74, 6) is -0.481. The molecule has 0 spiro atoms. The van der Waals surface area contributed by atoms with Gasteiger partial charge in [0.05, 0.1) is 19.6 Å². The van der Waals surface area contributed by atoms with Gasteiger partial charge in [0, 0.05) is 18.7 Å². The fraction of sp³-hybridized carbons (Fsp3) is 0.851. The summed E-state index contributed by atoms with van der Waals surface area (Å²) in [5.41, 5.74) is 0.00663. The lowest BCUT2D eigenvalue weighted by Crippen LogP contribution is -2.34. The first-order valence-corrected chi connectivity index (χ1v) is 22.3. The van der Waals surface area contributed by atoms with Crippen LogP contribution < -0.4 is 0 Å². The van der Waals surface area contributed by atoms with E-state index in [4.69, 9.17) is 14.2 Å². The molecule has 0 saturated carbocycles. The molecule has 0 aliphatic carbocycles. The van der Waals surface area contributed by atoms with Gasteiger partial charge in [-0.3, -0.25) is 4.79 Å². The van der Waals surface area contributed by atoms with Crippen molar-refractivity contribution in [2.45, 2.75) is 215 Å². The van der Waals surface area contributed by atoms with Gasteiger partial charge in [-0.05, 0) is 95.6 Å². The molecule has 0 aliphatic rings. The van der Waals surface area contributed by atoms with E-state index in [0.29, 0.717) is 19.6 Å². The number of nitrogens with zero attached hydrogens (tertiary/aromatic N) is 1. The summed E-state index contributed by atoms with van der Waals surface area (Å²) in [5, 5.41) is 0. The minimum Gasteiger partial charge on any atom is -0.463 e. The lowest BCUT2D eigenvalue weighted by molar-refractivity contribution is -0.152. The molecule has 0 atom stereocenters. The maximum atomic E-state index is 13.3. The van der Waals surface area contributed by atoms with E-state index in [1.165, 1.54) is 51.4 Å². The van der Waals surface area contributed by atoms with Gasteiger partial charge in [-0.25, -0.2) is 9.59 Å². The summed E-state index contributed by atoms with van der Waals surface area (Å²) in [7, 11) is 4.22. The largest absolute Gasteiger partial charge is 0.463 e. The van der Waals surface area contributed by atoms with Crippen LogP contribution in [0.1, 0.15) is 208 Å². The molecule has 0 aliphatic heterocycles. The molecule has 316 valence electrons. The Morgan fingerprint density at radius 1 is 0.556 bits per heavy atom. The highest BCUT2D eigenvalue weighted by Crippen LogP contribution is 2.37. The molecule has 54 heavy (non-hydrogen) atoms. The molecule has 0 saturated heterocycles. The Labute approximate surface area is 334 Å². The van der Waals surface area contributed by atoms with Gasteiger partial charge in [0.25, 0.3) is 0 Å². The van der Waals surface area contributed by atoms with Crippen molar-refractivity contribution in [1.29, 1.82) is 0 Å². The first-order chi connectivity index (χ1) is 25.8. The topological polar surface area (TPSA) is 82.1 Å². The average Bonchev–Trinajstić information content (AvgIpc) is 3.08. The molecule has 0 amide bonds. The lowest BCUT2D eigenvalue weighted by Gasteiger charge is -2.36. The summed E-state index contributed by atoms with van der Waals surface area (Å²) >= 11 is 0. The van der Waals surface area contributed by atoms with E-state index >= 15 is 0 Å². The SMILES string of the molecule is CCCCCCOC(=O)/C=C\CCCCCCCCC(CCCCCCCC/C=C\C(=O)OCCCCCC)OC(=O)CC(C)(C)CC(C)(C)CN(C)C. The second-order valence-corrected chi connectivity index (χ2v) is 17.7. The van der Waals surface area contributed by atoms with Crippen molar-refractivity contribution in [1.82, 2.24) is 4.90 Å². The van der Waals surface area contributed by atoms with Gasteiger partial charge >= 0.3 is 17.9 Å². The number of hydrogen-bond donors (Lipinski definition) is 0. The Morgan fingerprint density at radius 2 is 0.963 bits per heavy atom. The Morgan fingerprint density at radius 3 is 1.39 bits per heavy atom. The number of esters is 3. The van der Waals surface area contributed by atoms with Gasteiger partial charge in [-0.15, -0.1) is 0 Å². The van der Waals surface area contributed by atoms with E-state index in [-0.39, 0.29) is 34.8 Å². The van der Waals surface area contributed by atoms with Gasteiger partial charge in [-0.1, -0.05) is 144 Å². The highest BCUT2D eigenvalue weighted by Gasteiger charge is 2.32. The number of allylic oxidation sites excluding steroid dienone is 2. The number of hydrogen-bond acceptors (Lipinski definition) is 7. The van der Waals surface area contributed by atoms with Crippen molar-refractivity contribution in [2.75, 3.05) is 33.9 Å². The summed E-state index contributed by atoms with van der Waals surface area (Å²) in [6, 6.07) is 0. The van der Waals surface area contributed by atoms with Crippen LogP contribution in [0.5, 0.6) is 0 Å². The zero-order valence-electron chi connectivity index (χ0n) is 36.8. The molecule has 0 aromatic rings. The number of carbonyl (C=O) groups excluding carboxylic acids is 3. The molecule has 0 aromatic carbocycles. The third-order valence-corrected chi connectivity index (χ3v) is 9.91. The predicted molar refractivity (Wildman–Crippen MR) is 228 cm³/mol. The van der Waals surface area contributed by atoms with Gasteiger partial charge < -0.3 is 19.1 Å². The third-order valence-electron chi connectivity index (χ3n) is 9.91. The van der Waals surface area contributed by atoms with Crippen LogP contribution in [0.3, 0.4) is 0 Å². The van der Waals surface area contributed by atoms with Gasteiger partial charge in [-0.2, -0.15) is 0 Å². The number of unbranched alkanes of at least 4 members (excludes halogenated alkanes) is 18. The van der Waals surface area contributed by atoms with Crippen molar-refractivity contribution < 1.29 is 28.6 Å². The molecule has 0 aromatic heterocycles. The third kappa shape index (κ3) is 35.5. The van der Waals surface area contributed by atoms with E-state index in [1.807, 2.05) is 12.2 Å². The fourth-order valence-electron chi connectivity index (χ4n) is 7.69. The van der Waals surface area contributed by atoms with Crippen LogP contribution in [0, 0.1) is 10.8 Å². The quantitative estimate of drug-likeness (QED) is 0.0270. The second-order valence-electron chi connectivity index (χ2n) is 17.7. The number of rotatable bonds is 37. The van der Waals surface area contributed by atoms with E-state index < -0.39 is 0 Å². The molecular formula is C47H87NO6. The minimum absolute atomic E-state index is 0.00355. The normalized spacial score (nSPS) is 12.4. The molecule has 0 radical (unpaired) electrons. The smallest absolute Gasteiger partial charge is 0.330 e. The maximum Gasteiger partial charge on any atom is 0.330 e. The first kappa shape index (κ1) is 51.9. The van der Waals surface area contributed by atoms with Crippen molar-refractivity contribution in [3.63, 3.8) is 0 Å². The molecule has 0 unspecified atom stereocenters. The first-order valence-electron chi connectivity index (χ1n) is 22.3. The van der Waals surface area contributed by atoms with Crippen LogP contribution in [-0.2, 0) is 28.6 Å². The van der Waals surface area contributed by atoms with E-state index in [9.17, 15) is 14.4 Å². The monoisotopic (exact) mass is 762 g/mol. The number of ether oxygens (including phenoxy) is 3. The molecule has 0 N–H and O–H groups in total. The van der Waals surface area contributed by atoms with Gasteiger partial charge in [0.1, 0.15) is 6.10 Å². The minimum atomic E-state index is -0.216. The molecule has 0 heterocycles. The van der Waals surface area contributed by atoms with Crippen molar-refractivity contribution in [3.8, 4) is 0 Å². The van der Waals surface area contributed by atoms with Crippen LogP contribution in [0.25, 0.3) is 0 Å². The van der Waals surface area contributed by atoms with Gasteiger partial charge in [0.2, 0.25) is 0 Å². The standard InChI is InChI=1S/C47H87NO6/c1-9-11-13-31-37-52-43(49)35-29-25-21-17-15-19-23-27-33-42(54-45(51)39-46(3,4)40-47(5,6)41-48(7)8)34-28-24-20-16-18-22-26-30-36-44(50)53-38-32-14-12-10-2/h29-30,35-36,42H,9-28,31-34,37-41H2,1-8H3/b35-29-,36-30-. The molecule has 7 nitrogen and oxygen atoms in total. The molecular weight excluding hydrogens is 675 g/mol. The van der Waals surface area contributed by atoms with E-state index in [0.717, 1.165) is 116 Å². The second kappa shape index (κ2) is 34.1. The zero-order chi connectivity index (χ0) is 40.3. The Balaban J connectivity index is 4.54. The van der Waals surface area contributed by atoms with Crippen molar-refractivity contribution in [2.24, 2.45) is 10.8 Å². The molecule has 0 bridgehead atoms. The summed E-state index contributed by atoms with van der Waals surface area (Å²) in [6.07, 6.45) is 34.8. The van der Waals surface area contributed by atoms with Crippen LogP contribution in [-0.4, -0.2) is 62.8 Å². The van der Waals surface area contributed by atoms with Crippen LogP contribution in [0.15, 0.2) is 24.3 Å². The van der Waals surface area contributed by atoms with E-state index in [1.54, 1.807) is 12.2 Å². The number of carbonyl (C=O) groups is 3. The molecule has 7 heteroatoms. The summed E-state index contributed by atoms with van der Waals surface area (Å²) in [6.45, 7) is 15.4. The Kier molecular flexibility index (Phi) is 32.8.